The fraction of sp³-hybridized carbons (Fsp3) is 0.167. The molecule has 0 atom stereocenters. The van der Waals surface area contributed by atoms with E-state index in [1.54, 1.807) is 0 Å². The van der Waals surface area contributed by atoms with Crippen LogP contribution < -0.4 is 5.32 Å². The summed E-state index contributed by atoms with van der Waals surface area (Å²) in [7, 11) is -3.05. The Hall–Kier alpha value is -3.19. The molecule has 3 N–H and O–H groups in total. The molecule has 0 heterocycles. The highest BCUT2D eigenvalue weighted by atomic mass is 32.2. The van der Waals surface area contributed by atoms with Gasteiger partial charge in [0.05, 0.1) is 30.9 Å². The number of nitrogens with zero attached hydrogens (tertiary/aromatic N) is 1. The Bertz CT molecular complexity index is 859. The molecule has 136 valence electrons. The van der Waals surface area contributed by atoms with Crippen molar-refractivity contribution in [3.8, 4) is 5.75 Å². The smallest absolute Gasteiger partial charge is 0.354 e. The van der Waals surface area contributed by atoms with Crippen molar-refractivity contribution >= 4 is 33.4 Å². The van der Waals surface area contributed by atoms with E-state index < -0.39 is 54.7 Å². The number of ether oxygens (including phenoxy) is 2. The van der Waals surface area contributed by atoms with Gasteiger partial charge in [-0.15, -0.1) is 0 Å². The van der Waals surface area contributed by atoms with Crippen LogP contribution in [0.15, 0.2) is 28.8 Å². The number of esters is 2. The number of phenols is 1. The molecular weight excluding hydrogens is 364 g/mol. The van der Waals surface area contributed by atoms with Crippen molar-refractivity contribution in [3.63, 3.8) is 0 Å². The van der Waals surface area contributed by atoms with Gasteiger partial charge in [-0.05, 0) is 0 Å². The second kappa shape index (κ2) is 7.59. The van der Waals surface area contributed by atoms with Gasteiger partial charge < -0.3 is 19.9 Å². The maximum absolute atomic E-state index is 11.6. The maximum atomic E-state index is 11.6. The van der Waals surface area contributed by atoms with E-state index in [1.807, 2.05) is 0 Å². The van der Waals surface area contributed by atoms with E-state index in [2.05, 4.69) is 14.8 Å². The first-order valence-corrected chi connectivity index (χ1v) is 7.59. The topological polar surface area (TPSA) is 182 Å². The van der Waals surface area contributed by atoms with Gasteiger partial charge in [-0.1, -0.05) is 0 Å². The highest BCUT2D eigenvalue weighted by Crippen LogP contribution is 2.36. The predicted molar refractivity (Wildman–Crippen MR) is 80.3 cm³/mol. The van der Waals surface area contributed by atoms with Crippen molar-refractivity contribution in [1.29, 1.82) is 0 Å². The van der Waals surface area contributed by atoms with E-state index in [-0.39, 0.29) is 0 Å². The van der Waals surface area contributed by atoms with E-state index in [0.29, 0.717) is 18.2 Å². The van der Waals surface area contributed by atoms with Crippen LogP contribution in [-0.2, 0) is 29.2 Å². The Morgan fingerprint density at radius 2 is 1.88 bits per heavy atom. The molecule has 0 bridgehead atoms. The molecule has 12 nitrogen and oxygen atoms in total. The number of nitro benzene ring substituents is 1. The molecular formula is C12H12N2O10S. The van der Waals surface area contributed by atoms with Gasteiger partial charge >= 0.3 is 11.9 Å². The quantitative estimate of drug-likeness (QED) is 0.154. The number of carbonyl (C=O) groups excluding carboxylic acids is 2. The summed E-state index contributed by atoms with van der Waals surface area (Å²) in [5.74, 6) is -3.25. The standard InChI is InChI=1S/C12H12N2O10S/c1-23-10(15)5-8(12(17)24-2)13-7-3-6(14(18)19)4-9(11(7)16)25(20,21)22/h3-5,13,16H,1-2H3,(H,20,21,22)/b8-5+. The number of nitrogens with one attached hydrogen (secondary N) is 1. The number of benzene rings is 1. The number of non-ortho nitro benzene ring substituents is 1. The van der Waals surface area contributed by atoms with Crippen LogP contribution in [0.5, 0.6) is 5.75 Å². The number of hydrogen-bond donors (Lipinski definition) is 3. The van der Waals surface area contributed by atoms with Gasteiger partial charge in [0.2, 0.25) is 0 Å². The Morgan fingerprint density at radius 3 is 2.32 bits per heavy atom. The number of phenolic OH excluding ortho intramolecular Hbond substituents is 1. The number of carbonyl (C=O) groups is 2. The van der Waals surface area contributed by atoms with E-state index >= 15 is 0 Å². The third-order valence-corrected chi connectivity index (χ3v) is 3.55. The highest BCUT2D eigenvalue weighted by molar-refractivity contribution is 7.86. The summed E-state index contributed by atoms with van der Waals surface area (Å²) in [5.41, 5.74) is -2.09. The molecule has 0 aliphatic heterocycles. The monoisotopic (exact) mass is 376 g/mol. The first-order chi connectivity index (χ1) is 11.5. The lowest BCUT2D eigenvalue weighted by molar-refractivity contribution is -0.385. The first-order valence-electron chi connectivity index (χ1n) is 6.15. The second-order valence-electron chi connectivity index (χ2n) is 4.27. The summed E-state index contributed by atoms with van der Waals surface area (Å²) >= 11 is 0. The minimum Gasteiger partial charge on any atom is -0.504 e. The fourth-order valence-electron chi connectivity index (χ4n) is 1.57. The molecule has 0 aliphatic rings. The van der Waals surface area contributed by atoms with Crippen molar-refractivity contribution in [2.45, 2.75) is 4.90 Å². The highest BCUT2D eigenvalue weighted by Gasteiger charge is 2.25. The molecule has 0 fully saturated rings. The molecule has 25 heavy (non-hydrogen) atoms. The molecule has 1 rings (SSSR count). The SMILES string of the molecule is COC(=O)/C=C(/Nc1cc([N+](=O)[O-])cc(S(=O)(=O)O)c1O)C(=O)OC. The van der Waals surface area contributed by atoms with Crippen LogP contribution in [-0.4, -0.2) is 49.2 Å². The van der Waals surface area contributed by atoms with Crippen LogP contribution in [0.1, 0.15) is 0 Å². The summed E-state index contributed by atoms with van der Waals surface area (Å²) < 4.78 is 40.2. The summed E-state index contributed by atoms with van der Waals surface area (Å²) in [6.07, 6.45) is 0.608. The predicted octanol–water partition coefficient (Wildman–Crippen LogP) is 0.189. The molecule has 1 aromatic carbocycles. The Kier molecular flexibility index (Phi) is 6.03. The zero-order valence-corrected chi connectivity index (χ0v) is 13.6. The van der Waals surface area contributed by atoms with Crippen molar-refractivity contribution in [3.05, 3.63) is 34.0 Å². The summed E-state index contributed by atoms with van der Waals surface area (Å²) in [6.45, 7) is 0. The molecule has 0 aromatic heterocycles. The average Bonchev–Trinajstić information content (AvgIpc) is 2.53. The normalized spacial score (nSPS) is 11.6. The molecule has 0 unspecified atom stereocenters. The molecule has 0 amide bonds. The molecule has 1 aromatic rings. The van der Waals surface area contributed by atoms with Crippen LogP contribution in [0.2, 0.25) is 0 Å². The molecule has 0 aliphatic carbocycles. The van der Waals surface area contributed by atoms with E-state index in [4.69, 9.17) is 4.55 Å². The van der Waals surface area contributed by atoms with Crippen LogP contribution >= 0.6 is 0 Å². The first kappa shape index (κ1) is 19.9. The summed E-state index contributed by atoms with van der Waals surface area (Å²) in [4.78, 5) is 31.6. The van der Waals surface area contributed by atoms with Crippen molar-refractivity contribution in [1.82, 2.24) is 0 Å². The Balaban J connectivity index is 3.56. The number of methoxy groups -OCH3 is 2. The van der Waals surface area contributed by atoms with Gasteiger partial charge in [-0.3, -0.25) is 14.7 Å². The average molecular weight is 376 g/mol. The number of rotatable bonds is 6. The molecule has 0 saturated carbocycles. The third-order valence-electron chi connectivity index (χ3n) is 2.69. The van der Waals surface area contributed by atoms with Gasteiger partial charge in [0.15, 0.2) is 5.75 Å². The number of nitro groups is 1. The lowest BCUT2D eigenvalue weighted by atomic mass is 10.2. The minimum atomic E-state index is -5.02. The fourth-order valence-corrected chi connectivity index (χ4v) is 2.19. The van der Waals surface area contributed by atoms with Crippen LogP contribution in [0, 0.1) is 10.1 Å². The van der Waals surface area contributed by atoms with Crippen LogP contribution in [0.25, 0.3) is 0 Å². The van der Waals surface area contributed by atoms with E-state index in [9.17, 15) is 33.2 Å². The number of anilines is 1. The summed E-state index contributed by atoms with van der Waals surface area (Å²) in [6, 6.07) is 1.09. The Morgan fingerprint density at radius 1 is 1.28 bits per heavy atom. The largest absolute Gasteiger partial charge is 0.504 e. The zero-order valence-electron chi connectivity index (χ0n) is 12.7. The van der Waals surface area contributed by atoms with Crippen molar-refractivity contribution in [2.24, 2.45) is 0 Å². The lowest BCUT2D eigenvalue weighted by Gasteiger charge is -2.12. The van der Waals surface area contributed by atoms with Crippen molar-refractivity contribution < 1.29 is 42.1 Å². The van der Waals surface area contributed by atoms with E-state index in [1.165, 1.54) is 0 Å². The van der Waals surface area contributed by atoms with Crippen molar-refractivity contribution in [2.75, 3.05) is 19.5 Å². The van der Waals surface area contributed by atoms with Gasteiger partial charge in [0.25, 0.3) is 15.8 Å². The molecule has 0 spiro atoms. The van der Waals surface area contributed by atoms with Gasteiger partial charge in [0, 0.05) is 12.1 Å². The lowest BCUT2D eigenvalue weighted by Crippen LogP contribution is -2.16. The number of hydrogen-bond acceptors (Lipinski definition) is 10. The van der Waals surface area contributed by atoms with Gasteiger partial charge in [-0.25, -0.2) is 9.59 Å². The van der Waals surface area contributed by atoms with Gasteiger partial charge in [0.1, 0.15) is 10.6 Å². The maximum Gasteiger partial charge on any atom is 0.354 e. The molecule has 0 radical (unpaired) electrons. The third kappa shape index (κ3) is 4.89. The van der Waals surface area contributed by atoms with Crippen LogP contribution in [0.3, 0.4) is 0 Å². The van der Waals surface area contributed by atoms with Gasteiger partial charge in [-0.2, -0.15) is 8.42 Å². The molecule has 0 saturated heterocycles. The summed E-state index contributed by atoms with van der Waals surface area (Å²) in [5, 5.41) is 22.9. The minimum absolute atomic E-state index is 0.414. The van der Waals surface area contributed by atoms with E-state index in [0.717, 1.165) is 14.2 Å². The van der Waals surface area contributed by atoms with Crippen LogP contribution in [0.4, 0.5) is 11.4 Å². The molecule has 13 heteroatoms. The number of aromatic hydroxyl groups is 1. The second-order valence-corrected chi connectivity index (χ2v) is 5.66. The Labute approximate surface area is 140 Å². The zero-order chi connectivity index (χ0) is 19.4.